The number of carbonyl (C=O) groups excluding carboxylic acids is 2. The van der Waals surface area contributed by atoms with E-state index < -0.39 is 17.4 Å². The Morgan fingerprint density at radius 2 is 1.68 bits per heavy atom. The van der Waals surface area contributed by atoms with E-state index in [4.69, 9.17) is 4.84 Å². The van der Waals surface area contributed by atoms with Crippen molar-refractivity contribution in [2.75, 3.05) is 12.4 Å². The zero-order valence-corrected chi connectivity index (χ0v) is 15.1. The van der Waals surface area contributed by atoms with Gasteiger partial charge in [0.05, 0.1) is 12.7 Å². The smallest absolute Gasteiger partial charge is 0.337 e. The summed E-state index contributed by atoms with van der Waals surface area (Å²) in [5, 5.41) is 2.62. The molecule has 3 aromatic rings. The number of nitrogens with zero attached hydrogens (tertiary/aromatic N) is 1. The van der Waals surface area contributed by atoms with Crippen molar-refractivity contribution in [2.24, 2.45) is 0 Å². The number of carbonyl (C=O) groups is 2. The maximum absolute atomic E-state index is 12.5. The average Bonchev–Trinajstić information content (AvgIpc) is 2.73. The van der Waals surface area contributed by atoms with Crippen LogP contribution in [0.4, 0.5) is 5.69 Å². The van der Waals surface area contributed by atoms with Crippen molar-refractivity contribution < 1.29 is 19.2 Å². The minimum Gasteiger partial charge on any atom is -0.465 e. The second kappa shape index (κ2) is 8.68. The number of benzene rings is 2. The number of hydrogen-bond donors (Lipinski definition) is 1. The minimum atomic E-state index is -0.575. The van der Waals surface area contributed by atoms with Gasteiger partial charge in [0, 0.05) is 11.9 Å². The van der Waals surface area contributed by atoms with Crippen LogP contribution in [0.1, 0.15) is 26.3 Å². The largest absolute Gasteiger partial charge is 0.465 e. The van der Waals surface area contributed by atoms with Crippen molar-refractivity contribution in [3.05, 3.63) is 100.0 Å². The molecule has 0 atom stereocenters. The first-order valence-electron chi connectivity index (χ1n) is 8.47. The molecule has 142 valence electrons. The fourth-order valence-electron chi connectivity index (χ4n) is 2.47. The third-order valence-electron chi connectivity index (χ3n) is 3.94. The lowest BCUT2D eigenvalue weighted by atomic mass is 10.2. The maximum atomic E-state index is 12.5. The molecule has 1 heterocycles. The third kappa shape index (κ3) is 4.45. The zero-order valence-electron chi connectivity index (χ0n) is 15.1. The Kier molecular flexibility index (Phi) is 5.86. The van der Waals surface area contributed by atoms with Gasteiger partial charge < -0.3 is 14.9 Å². The molecule has 0 aliphatic carbocycles. The summed E-state index contributed by atoms with van der Waals surface area (Å²) in [6.45, 7) is 0.195. The molecule has 0 radical (unpaired) electrons. The highest BCUT2D eigenvalue weighted by molar-refractivity contribution is 6.04. The Morgan fingerprint density at radius 3 is 2.36 bits per heavy atom. The van der Waals surface area contributed by atoms with Gasteiger partial charge in [-0.3, -0.25) is 9.59 Å². The lowest BCUT2D eigenvalue weighted by molar-refractivity contribution is 0.0600. The van der Waals surface area contributed by atoms with Gasteiger partial charge in [-0.25, -0.2) is 4.79 Å². The molecule has 0 unspecified atom stereocenters. The maximum Gasteiger partial charge on any atom is 0.337 e. The number of aromatic nitrogens is 1. The first-order chi connectivity index (χ1) is 13.6. The van der Waals surface area contributed by atoms with Crippen molar-refractivity contribution in [2.45, 2.75) is 6.61 Å². The second-order valence-electron chi connectivity index (χ2n) is 5.83. The predicted molar refractivity (Wildman–Crippen MR) is 103 cm³/mol. The summed E-state index contributed by atoms with van der Waals surface area (Å²) in [5.74, 6) is -1.05. The van der Waals surface area contributed by atoms with Crippen LogP contribution in [0.2, 0.25) is 0 Å². The van der Waals surface area contributed by atoms with Gasteiger partial charge in [-0.05, 0) is 42.0 Å². The first kappa shape index (κ1) is 18.9. The fraction of sp³-hybridized carbons (Fsp3) is 0.0952. The summed E-state index contributed by atoms with van der Waals surface area (Å²) >= 11 is 0. The lowest BCUT2D eigenvalue weighted by Gasteiger charge is -2.10. The summed E-state index contributed by atoms with van der Waals surface area (Å²) < 4.78 is 5.66. The lowest BCUT2D eigenvalue weighted by Crippen LogP contribution is -2.32. The van der Waals surface area contributed by atoms with Gasteiger partial charge in [0.2, 0.25) is 0 Å². The molecule has 0 fully saturated rings. The highest BCUT2D eigenvalue weighted by Gasteiger charge is 2.14. The van der Waals surface area contributed by atoms with E-state index >= 15 is 0 Å². The number of methoxy groups -OCH3 is 1. The number of nitrogens with one attached hydrogen (secondary N) is 1. The molecule has 28 heavy (non-hydrogen) atoms. The molecule has 0 bridgehead atoms. The summed E-state index contributed by atoms with van der Waals surface area (Å²) in [5.41, 5.74) is 1.07. The molecule has 0 aliphatic rings. The van der Waals surface area contributed by atoms with Crippen LogP contribution < -0.4 is 15.7 Å². The van der Waals surface area contributed by atoms with Crippen LogP contribution in [0.3, 0.4) is 0 Å². The van der Waals surface area contributed by atoms with Gasteiger partial charge >= 0.3 is 5.97 Å². The number of hydrogen-bond acceptors (Lipinski definition) is 5. The van der Waals surface area contributed by atoms with Gasteiger partial charge in [-0.2, -0.15) is 4.73 Å². The molecule has 1 N–H and O–H groups in total. The van der Waals surface area contributed by atoms with Gasteiger partial charge in [0.15, 0.2) is 0 Å². The molecule has 7 heteroatoms. The van der Waals surface area contributed by atoms with E-state index in [-0.39, 0.29) is 12.2 Å². The topological polar surface area (TPSA) is 86.6 Å². The number of amides is 1. The molecule has 1 aromatic heterocycles. The first-order valence-corrected chi connectivity index (χ1v) is 8.47. The van der Waals surface area contributed by atoms with Crippen LogP contribution in [-0.4, -0.2) is 23.7 Å². The van der Waals surface area contributed by atoms with Crippen molar-refractivity contribution >= 4 is 17.6 Å². The number of esters is 1. The summed E-state index contributed by atoms with van der Waals surface area (Å²) in [4.78, 5) is 41.9. The standard InChI is InChI=1S/C21H18N2O5/c1-27-21(26)16-9-11-17(12-10-16)22-19(24)18-8-5-13-23(20(18)25)28-14-15-6-3-2-4-7-15/h2-13H,14H2,1H3,(H,22,24). The van der Waals surface area contributed by atoms with Crippen LogP contribution in [0.25, 0.3) is 0 Å². The van der Waals surface area contributed by atoms with E-state index in [0.29, 0.717) is 11.3 Å². The number of pyridine rings is 1. The predicted octanol–water partition coefficient (Wildman–Crippen LogP) is 2.52. The number of anilines is 1. The van der Waals surface area contributed by atoms with Crippen LogP contribution in [0.5, 0.6) is 0 Å². The Labute approximate surface area is 161 Å². The van der Waals surface area contributed by atoms with Gasteiger partial charge in [0.25, 0.3) is 11.5 Å². The van der Waals surface area contributed by atoms with Crippen LogP contribution in [0.15, 0.2) is 77.7 Å². The minimum absolute atomic E-state index is 0.0624. The van der Waals surface area contributed by atoms with Crippen molar-refractivity contribution in [1.82, 2.24) is 4.73 Å². The van der Waals surface area contributed by atoms with E-state index in [9.17, 15) is 14.4 Å². The molecule has 0 aliphatic heterocycles. The fourth-order valence-corrected chi connectivity index (χ4v) is 2.47. The molecule has 0 saturated heterocycles. The van der Waals surface area contributed by atoms with E-state index in [1.54, 1.807) is 18.2 Å². The number of ether oxygens (including phenoxy) is 1. The van der Waals surface area contributed by atoms with Crippen LogP contribution >= 0.6 is 0 Å². The zero-order chi connectivity index (χ0) is 19.9. The molecule has 1 amide bonds. The Balaban J connectivity index is 1.71. The summed E-state index contributed by atoms with van der Waals surface area (Å²) in [6, 6.07) is 18.5. The quantitative estimate of drug-likeness (QED) is 0.666. The molecular formula is C21H18N2O5. The van der Waals surface area contributed by atoms with Crippen LogP contribution in [0, 0.1) is 0 Å². The highest BCUT2D eigenvalue weighted by Crippen LogP contribution is 2.11. The molecule has 3 rings (SSSR count). The van der Waals surface area contributed by atoms with E-state index in [0.717, 1.165) is 10.3 Å². The van der Waals surface area contributed by atoms with E-state index in [1.165, 1.54) is 31.5 Å². The molecular weight excluding hydrogens is 360 g/mol. The molecule has 7 nitrogen and oxygen atoms in total. The Hall–Kier alpha value is -3.87. The third-order valence-corrected chi connectivity index (χ3v) is 3.94. The van der Waals surface area contributed by atoms with Crippen molar-refractivity contribution in [1.29, 1.82) is 0 Å². The van der Waals surface area contributed by atoms with E-state index in [1.807, 2.05) is 30.3 Å². The second-order valence-corrected chi connectivity index (χ2v) is 5.83. The van der Waals surface area contributed by atoms with Crippen molar-refractivity contribution in [3.8, 4) is 0 Å². The summed E-state index contributed by atoms with van der Waals surface area (Å²) in [7, 11) is 1.29. The van der Waals surface area contributed by atoms with Crippen LogP contribution in [-0.2, 0) is 11.3 Å². The Bertz CT molecular complexity index is 1030. The van der Waals surface area contributed by atoms with Gasteiger partial charge in [0.1, 0.15) is 12.2 Å². The Morgan fingerprint density at radius 1 is 0.964 bits per heavy atom. The average molecular weight is 378 g/mol. The highest BCUT2D eigenvalue weighted by atomic mass is 16.7. The number of rotatable bonds is 6. The normalized spacial score (nSPS) is 10.2. The van der Waals surface area contributed by atoms with Crippen molar-refractivity contribution in [3.63, 3.8) is 0 Å². The van der Waals surface area contributed by atoms with Gasteiger partial charge in [-0.15, -0.1) is 0 Å². The molecule has 0 saturated carbocycles. The SMILES string of the molecule is COC(=O)c1ccc(NC(=O)c2cccn(OCc3ccccc3)c2=O)cc1. The molecule has 2 aromatic carbocycles. The monoisotopic (exact) mass is 378 g/mol. The summed E-state index contributed by atoms with van der Waals surface area (Å²) in [6.07, 6.45) is 1.45. The van der Waals surface area contributed by atoms with E-state index in [2.05, 4.69) is 10.1 Å². The molecule has 0 spiro atoms. The van der Waals surface area contributed by atoms with Gasteiger partial charge in [-0.1, -0.05) is 30.3 Å².